The van der Waals surface area contributed by atoms with Crippen LogP contribution in [0.15, 0.2) is 57.7 Å². The number of benzene rings is 2. The number of thiazole rings is 1. The smallest absolute Gasteiger partial charge is 0.349 e. The number of rotatable bonds is 4. The minimum absolute atomic E-state index is 0.0410. The molecule has 6 nitrogen and oxygen atoms in total. The summed E-state index contributed by atoms with van der Waals surface area (Å²) in [5.74, 6) is 0.553. The number of carbonyl (C=O) groups excluding carboxylic acids is 1. The van der Waals surface area contributed by atoms with Crippen molar-refractivity contribution in [2.45, 2.75) is 26.2 Å². The van der Waals surface area contributed by atoms with E-state index < -0.39 is 11.5 Å². The van der Waals surface area contributed by atoms with Crippen molar-refractivity contribution in [3.63, 3.8) is 0 Å². The molecule has 0 saturated carbocycles. The molecule has 1 atom stereocenters. The van der Waals surface area contributed by atoms with Gasteiger partial charge in [0.05, 0.1) is 17.3 Å². The number of thiophene rings is 1. The van der Waals surface area contributed by atoms with Crippen LogP contribution in [-0.2, 0) is 12.8 Å². The average Bonchev–Trinajstić information content (AvgIpc) is 3.43. The monoisotopic (exact) mass is 502 g/mol. The van der Waals surface area contributed by atoms with Gasteiger partial charge in [-0.2, -0.15) is 0 Å². The summed E-state index contributed by atoms with van der Waals surface area (Å²) < 4.78 is 11.9. The third-order valence-corrected chi connectivity index (χ3v) is 8.66. The third-order valence-electron chi connectivity index (χ3n) is 6.43. The molecule has 0 aliphatic heterocycles. The van der Waals surface area contributed by atoms with Crippen molar-refractivity contribution in [3.05, 3.63) is 75.0 Å². The maximum Gasteiger partial charge on any atom is 0.349 e. The molecule has 0 saturated heterocycles. The van der Waals surface area contributed by atoms with Crippen molar-refractivity contribution < 1.29 is 13.9 Å². The van der Waals surface area contributed by atoms with Gasteiger partial charge in [0, 0.05) is 15.8 Å². The van der Waals surface area contributed by atoms with Crippen molar-refractivity contribution in [2.75, 3.05) is 12.4 Å². The molecular formula is C27H22N2O4S2. The SMILES string of the molecule is COc1cccc2cc(C(=O)Nc3sc4c(c3-c3nc5ccccc5s3)CCC(C)C4)c(=O)oc12. The summed E-state index contributed by atoms with van der Waals surface area (Å²) in [5, 5.41) is 5.28. The predicted octanol–water partition coefficient (Wildman–Crippen LogP) is 6.52. The molecule has 6 rings (SSSR count). The molecule has 3 heterocycles. The first-order valence-electron chi connectivity index (χ1n) is 11.4. The lowest BCUT2D eigenvalue weighted by Crippen LogP contribution is -2.20. The van der Waals surface area contributed by atoms with E-state index in [2.05, 4.69) is 18.3 Å². The van der Waals surface area contributed by atoms with Gasteiger partial charge in [0.25, 0.3) is 5.91 Å². The highest BCUT2D eigenvalue weighted by molar-refractivity contribution is 7.23. The maximum absolute atomic E-state index is 13.4. The van der Waals surface area contributed by atoms with Gasteiger partial charge in [-0.05, 0) is 55.0 Å². The van der Waals surface area contributed by atoms with Gasteiger partial charge >= 0.3 is 5.63 Å². The number of methoxy groups -OCH3 is 1. The van der Waals surface area contributed by atoms with Gasteiger partial charge in [-0.15, -0.1) is 22.7 Å². The highest BCUT2D eigenvalue weighted by Crippen LogP contribution is 2.47. The summed E-state index contributed by atoms with van der Waals surface area (Å²) in [4.78, 5) is 32.3. The summed E-state index contributed by atoms with van der Waals surface area (Å²) in [6, 6.07) is 14.9. The largest absolute Gasteiger partial charge is 0.493 e. The number of aromatic nitrogens is 1. The molecule has 1 amide bonds. The maximum atomic E-state index is 13.4. The zero-order valence-electron chi connectivity index (χ0n) is 19.2. The zero-order chi connectivity index (χ0) is 24.1. The molecule has 5 aromatic rings. The van der Waals surface area contributed by atoms with E-state index in [0.29, 0.717) is 22.6 Å². The van der Waals surface area contributed by atoms with Crippen molar-refractivity contribution in [3.8, 4) is 16.3 Å². The molecule has 0 radical (unpaired) electrons. The quantitative estimate of drug-likeness (QED) is 0.283. The van der Waals surface area contributed by atoms with Crippen LogP contribution in [0.4, 0.5) is 5.00 Å². The van der Waals surface area contributed by atoms with E-state index in [1.165, 1.54) is 17.6 Å². The first-order chi connectivity index (χ1) is 17.0. The van der Waals surface area contributed by atoms with Crippen molar-refractivity contribution in [1.29, 1.82) is 0 Å². The van der Waals surface area contributed by atoms with Crippen LogP contribution in [0, 0.1) is 5.92 Å². The number of fused-ring (bicyclic) bond motifs is 3. The van der Waals surface area contributed by atoms with Crippen LogP contribution in [0.1, 0.15) is 34.1 Å². The van der Waals surface area contributed by atoms with Gasteiger partial charge in [-0.3, -0.25) is 4.79 Å². The molecule has 0 fully saturated rings. The molecular weight excluding hydrogens is 480 g/mol. The lowest BCUT2D eigenvalue weighted by atomic mass is 9.88. The third kappa shape index (κ3) is 3.83. The van der Waals surface area contributed by atoms with Crippen LogP contribution >= 0.6 is 22.7 Å². The second-order valence-electron chi connectivity index (χ2n) is 8.82. The summed E-state index contributed by atoms with van der Waals surface area (Å²) in [7, 11) is 1.51. The number of para-hydroxylation sites is 2. The number of hydrogen-bond donors (Lipinski definition) is 1. The van der Waals surface area contributed by atoms with Gasteiger partial charge in [0.2, 0.25) is 0 Å². The van der Waals surface area contributed by atoms with E-state index in [9.17, 15) is 9.59 Å². The minimum atomic E-state index is -0.698. The highest BCUT2D eigenvalue weighted by Gasteiger charge is 2.28. The lowest BCUT2D eigenvalue weighted by molar-refractivity contribution is 0.102. The number of carbonyl (C=O) groups is 1. The van der Waals surface area contributed by atoms with E-state index in [4.69, 9.17) is 14.1 Å². The first-order valence-corrected chi connectivity index (χ1v) is 13.1. The Labute approximate surface area is 209 Å². The fraction of sp³-hybridized carbons (Fsp3) is 0.222. The van der Waals surface area contributed by atoms with E-state index in [-0.39, 0.29) is 5.56 Å². The molecule has 1 aliphatic rings. The van der Waals surface area contributed by atoms with Gasteiger partial charge in [0.1, 0.15) is 15.6 Å². The molecule has 1 aliphatic carbocycles. The predicted molar refractivity (Wildman–Crippen MR) is 141 cm³/mol. The number of nitrogens with one attached hydrogen (secondary N) is 1. The van der Waals surface area contributed by atoms with Crippen LogP contribution in [0.2, 0.25) is 0 Å². The first kappa shape index (κ1) is 22.0. The zero-order valence-corrected chi connectivity index (χ0v) is 20.8. The number of ether oxygens (including phenoxy) is 1. The van der Waals surface area contributed by atoms with Crippen LogP contribution in [0.3, 0.4) is 0 Å². The summed E-state index contributed by atoms with van der Waals surface area (Å²) in [6.07, 6.45) is 3.03. The van der Waals surface area contributed by atoms with Gasteiger partial charge in [-0.1, -0.05) is 31.2 Å². The van der Waals surface area contributed by atoms with Crippen molar-refractivity contribution in [1.82, 2.24) is 4.98 Å². The Kier molecular flexibility index (Phi) is 5.42. The van der Waals surface area contributed by atoms with Gasteiger partial charge < -0.3 is 14.5 Å². The van der Waals surface area contributed by atoms with Crippen LogP contribution < -0.4 is 15.7 Å². The Morgan fingerprint density at radius 2 is 2.03 bits per heavy atom. The molecule has 0 spiro atoms. The normalized spacial score (nSPS) is 15.3. The van der Waals surface area contributed by atoms with Crippen LogP contribution in [-0.4, -0.2) is 18.0 Å². The standard InChI is InChI=1S/C27H22N2O4S2/c1-14-10-11-16-21(12-14)35-26(22(16)25-28-18-7-3-4-9-20(18)34-25)29-24(30)17-13-15-6-5-8-19(32-2)23(15)33-27(17)31/h3-9,13-14H,10-12H2,1-2H3,(H,29,30). The van der Waals surface area contributed by atoms with Crippen LogP contribution in [0.25, 0.3) is 31.8 Å². The molecule has 1 unspecified atom stereocenters. The fourth-order valence-electron chi connectivity index (χ4n) is 4.65. The average molecular weight is 503 g/mol. The topological polar surface area (TPSA) is 81.4 Å². The minimum Gasteiger partial charge on any atom is -0.493 e. The molecule has 35 heavy (non-hydrogen) atoms. The Morgan fingerprint density at radius 3 is 2.86 bits per heavy atom. The van der Waals surface area contributed by atoms with Crippen LogP contribution in [0.5, 0.6) is 5.75 Å². The molecule has 3 aromatic heterocycles. The number of hydrogen-bond acceptors (Lipinski definition) is 7. The van der Waals surface area contributed by atoms with E-state index in [1.54, 1.807) is 46.9 Å². The molecule has 1 N–H and O–H groups in total. The summed E-state index contributed by atoms with van der Waals surface area (Å²) in [6.45, 7) is 2.26. The molecule has 176 valence electrons. The van der Waals surface area contributed by atoms with Crippen molar-refractivity contribution >= 4 is 54.8 Å². The van der Waals surface area contributed by atoms with E-state index in [0.717, 1.165) is 45.1 Å². The Balaban J connectivity index is 1.44. The number of nitrogens with zero attached hydrogens (tertiary/aromatic N) is 1. The lowest BCUT2D eigenvalue weighted by Gasteiger charge is -2.18. The van der Waals surface area contributed by atoms with Gasteiger partial charge in [0.15, 0.2) is 11.3 Å². The second kappa shape index (κ2) is 8.62. The Bertz CT molecular complexity index is 1630. The fourth-order valence-corrected chi connectivity index (χ4v) is 7.17. The number of amides is 1. The Morgan fingerprint density at radius 1 is 1.17 bits per heavy atom. The molecule has 8 heteroatoms. The Hall–Kier alpha value is -3.49. The molecule has 0 bridgehead atoms. The van der Waals surface area contributed by atoms with Crippen molar-refractivity contribution in [2.24, 2.45) is 5.92 Å². The van der Waals surface area contributed by atoms with E-state index in [1.807, 2.05) is 18.2 Å². The second-order valence-corrected chi connectivity index (χ2v) is 11.0. The summed E-state index contributed by atoms with van der Waals surface area (Å²) >= 11 is 3.22. The molecule has 2 aromatic carbocycles. The van der Waals surface area contributed by atoms with E-state index >= 15 is 0 Å². The summed E-state index contributed by atoms with van der Waals surface area (Å²) in [5.41, 5.74) is 2.78. The van der Waals surface area contributed by atoms with Gasteiger partial charge in [-0.25, -0.2) is 9.78 Å². The highest BCUT2D eigenvalue weighted by atomic mass is 32.1. The number of anilines is 1.